The van der Waals surface area contributed by atoms with Crippen LogP contribution in [0, 0.1) is 0 Å². The van der Waals surface area contributed by atoms with Crippen molar-refractivity contribution in [2.75, 3.05) is 0 Å². The van der Waals surface area contributed by atoms with Gasteiger partial charge in [0.25, 0.3) is 0 Å². The van der Waals surface area contributed by atoms with Crippen molar-refractivity contribution in [1.82, 2.24) is 0 Å². The van der Waals surface area contributed by atoms with Crippen LogP contribution in [0.25, 0.3) is 54.2 Å². The minimum atomic E-state index is -5.86. The molecule has 0 heterocycles. The number of benzene rings is 6. The van der Waals surface area contributed by atoms with Gasteiger partial charge in [0.1, 0.15) is 0 Å². The zero-order valence-electron chi connectivity index (χ0n) is 18.6. The summed E-state index contributed by atoms with van der Waals surface area (Å²) >= 11 is 0. The fourth-order valence-corrected chi connectivity index (χ4v) is 5.23. The van der Waals surface area contributed by atoms with Crippen LogP contribution in [-0.2, 0) is 10.1 Å². The maximum absolute atomic E-state index is 13.2. The van der Waals surface area contributed by atoms with Gasteiger partial charge in [0.05, 0.1) is 0 Å². The van der Waals surface area contributed by atoms with E-state index in [9.17, 15) is 21.6 Å². The van der Waals surface area contributed by atoms with Crippen molar-refractivity contribution in [3.8, 4) is 16.9 Å². The summed E-state index contributed by atoms with van der Waals surface area (Å²) in [4.78, 5) is 0. The largest absolute Gasteiger partial charge is 0.534 e. The number of alkyl halides is 3. The number of hydrogen-bond acceptors (Lipinski definition) is 3. The first kappa shape index (κ1) is 22.4. The van der Waals surface area contributed by atoms with Gasteiger partial charge in [0.2, 0.25) is 0 Å². The van der Waals surface area contributed by atoms with E-state index in [0.717, 1.165) is 32.7 Å². The molecular formula is C29H17F3O3S. The minimum Gasteiger partial charge on any atom is -0.375 e. The molecule has 6 aromatic carbocycles. The summed E-state index contributed by atoms with van der Waals surface area (Å²) in [6.45, 7) is 0. The Hall–Kier alpha value is -4.10. The van der Waals surface area contributed by atoms with Crippen LogP contribution < -0.4 is 4.18 Å². The summed E-state index contributed by atoms with van der Waals surface area (Å²) in [7, 11) is -5.86. The molecular weight excluding hydrogens is 485 g/mol. The molecule has 7 heteroatoms. The van der Waals surface area contributed by atoms with Gasteiger partial charge < -0.3 is 4.18 Å². The van der Waals surface area contributed by atoms with Crippen molar-refractivity contribution in [2.45, 2.75) is 5.51 Å². The summed E-state index contributed by atoms with van der Waals surface area (Å²) in [6, 6.07) is 31.8. The summed E-state index contributed by atoms with van der Waals surface area (Å²) in [5.41, 5.74) is -3.59. The summed E-state index contributed by atoms with van der Waals surface area (Å²) in [5.74, 6) is -0.357. The first-order valence-corrected chi connectivity index (χ1v) is 12.5. The molecule has 0 aliphatic rings. The predicted octanol–water partition coefficient (Wildman–Crippen LogP) is 8.19. The van der Waals surface area contributed by atoms with Crippen molar-refractivity contribution < 1.29 is 25.8 Å². The second-order valence-corrected chi connectivity index (χ2v) is 10.1. The highest BCUT2D eigenvalue weighted by Gasteiger charge is 2.48. The topological polar surface area (TPSA) is 43.4 Å². The van der Waals surface area contributed by atoms with Gasteiger partial charge in [-0.1, -0.05) is 91.0 Å². The standard InChI is InChI=1S/C29H17F3O3S/c30-29(31,32)36(33,34)35-27-17-21-13-12-20(23-11-5-8-18-6-1-3-9-22(18)23)16-26(21)25-15-14-19-7-2-4-10-24(19)28(25)27/h1-17H. The van der Waals surface area contributed by atoms with Crippen LogP contribution >= 0.6 is 0 Å². The zero-order valence-corrected chi connectivity index (χ0v) is 19.4. The van der Waals surface area contributed by atoms with Gasteiger partial charge in [0.15, 0.2) is 5.75 Å². The fraction of sp³-hybridized carbons (Fsp3) is 0.0345. The molecule has 0 aromatic heterocycles. The fourth-order valence-electron chi connectivity index (χ4n) is 4.77. The summed E-state index contributed by atoms with van der Waals surface area (Å²) < 4.78 is 68.2. The first-order chi connectivity index (χ1) is 17.2. The average molecular weight is 503 g/mol. The van der Waals surface area contributed by atoms with E-state index in [0.29, 0.717) is 21.5 Å². The Morgan fingerprint density at radius 2 is 1.22 bits per heavy atom. The van der Waals surface area contributed by atoms with Crippen LogP contribution in [0.5, 0.6) is 5.75 Å². The lowest BCUT2D eigenvalue weighted by Crippen LogP contribution is -2.28. The SMILES string of the molecule is O=S(=O)(Oc1cc2ccc(-c3cccc4ccccc34)cc2c2ccc3ccccc3c12)C(F)(F)F. The Kier molecular flexibility index (Phi) is 4.95. The predicted molar refractivity (Wildman–Crippen MR) is 138 cm³/mol. The molecule has 0 aliphatic carbocycles. The van der Waals surface area contributed by atoms with E-state index in [1.165, 1.54) is 6.07 Å². The maximum atomic E-state index is 13.2. The molecule has 0 bridgehead atoms. The van der Waals surface area contributed by atoms with Gasteiger partial charge in [-0.25, -0.2) is 0 Å². The van der Waals surface area contributed by atoms with Gasteiger partial charge in [0, 0.05) is 5.39 Å². The zero-order chi connectivity index (χ0) is 25.1. The number of halogens is 3. The lowest BCUT2D eigenvalue weighted by Gasteiger charge is -2.16. The van der Waals surface area contributed by atoms with E-state index >= 15 is 0 Å². The third-order valence-corrected chi connectivity index (χ3v) is 7.36. The van der Waals surface area contributed by atoms with Crippen molar-refractivity contribution >= 4 is 53.2 Å². The van der Waals surface area contributed by atoms with E-state index in [1.54, 1.807) is 30.3 Å². The highest BCUT2D eigenvalue weighted by molar-refractivity contribution is 7.88. The molecule has 0 saturated carbocycles. The molecule has 0 fully saturated rings. The molecule has 36 heavy (non-hydrogen) atoms. The molecule has 0 amide bonds. The Morgan fingerprint density at radius 1 is 0.583 bits per heavy atom. The minimum absolute atomic E-state index is 0.309. The van der Waals surface area contributed by atoms with Crippen LogP contribution in [-0.4, -0.2) is 13.9 Å². The van der Waals surface area contributed by atoms with E-state index < -0.39 is 15.6 Å². The number of fused-ring (bicyclic) bond motifs is 6. The average Bonchev–Trinajstić information content (AvgIpc) is 2.87. The number of rotatable bonds is 3. The second kappa shape index (κ2) is 7.96. The van der Waals surface area contributed by atoms with E-state index in [4.69, 9.17) is 4.18 Å². The van der Waals surface area contributed by atoms with Gasteiger partial charge >= 0.3 is 15.6 Å². The molecule has 178 valence electrons. The van der Waals surface area contributed by atoms with Crippen LogP contribution in [0.4, 0.5) is 13.2 Å². The molecule has 3 nitrogen and oxygen atoms in total. The second-order valence-electron chi connectivity index (χ2n) is 8.53. The molecule has 0 spiro atoms. The Bertz CT molecular complexity index is 1920. The summed E-state index contributed by atoms with van der Waals surface area (Å²) in [6.07, 6.45) is 0. The van der Waals surface area contributed by atoms with Gasteiger partial charge in [-0.15, -0.1) is 0 Å². The third kappa shape index (κ3) is 3.55. The van der Waals surface area contributed by atoms with Crippen molar-refractivity contribution in [3.05, 3.63) is 103 Å². The molecule has 0 aliphatic heterocycles. The van der Waals surface area contributed by atoms with Gasteiger partial charge in [-0.2, -0.15) is 21.6 Å². The highest BCUT2D eigenvalue weighted by atomic mass is 32.2. The quantitative estimate of drug-likeness (QED) is 0.139. The Balaban J connectivity index is 1.68. The van der Waals surface area contributed by atoms with E-state index in [-0.39, 0.29) is 5.75 Å². The molecule has 6 aromatic rings. The van der Waals surface area contributed by atoms with Crippen LogP contribution in [0.1, 0.15) is 0 Å². The van der Waals surface area contributed by atoms with Crippen molar-refractivity contribution in [3.63, 3.8) is 0 Å². The molecule has 0 N–H and O–H groups in total. The van der Waals surface area contributed by atoms with Gasteiger partial charge in [-0.05, 0) is 61.0 Å². The lowest BCUT2D eigenvalue weighted by atomic mass is 9.92. The van der Waals surface area contributed by atoms with Gasteiger partial charge in [-0.3, -0.25) is 0 Å². The highest BCUT2D eigenvalue weighted by Crippen LogP contribution is 2.42. The van der Waals surface area contributed by atoms with Crippen molar-refractivity contribution in [1.29, 1.82) is 0 Å². The molecule has 0 radical (unpaired) electrons. The Morgan fingerprint density at radius 3 is 1.97 bits per heavy atom. The number of hydrogen-bond donors (Lipinski definition) is 0. The maximum Gasteiger partial charge on any atom is 0.534 e. The molecule has 6 rings (SSSR count). The normalized spacial score (nSPS) is 12.5. The van der Waals surface area contributed by atoms with Crippen molar-refractivity contribution in [2.24, 2.45) is 0 Å². The Labute approximate surface area is 204 Å². The molecule has 0 atom stereocenters. The monoisotopic (exact) mass is 502 g/mol. The molecule has 0 unspecified atom stereocenters. The summed E-state index contributed by atoms with van der Waals surface area (Å²) in [5, 5.41) is 5.76. The van der Waals surface area contributed by atoms with Crippen LogP contribution in [0.15, 0.2) is 103 Å². The lowest BCUT2D eigenvalue weighted by molar-refractivity contribution is -0.0499. The van der Waals surface area contributed by atoms with E-state index in [2.05, 4.69) is 0 Å². The first-order valence-electron chi connectivity index (χ1n) is 11.1. The third-order valence-electron chi connectivity index (χ3n) is 6.39. The smallest absolute Gasteiger partial charge is 0.375 e. The van der Waals surface area contributed by atoms with Crippen LogP contribution in [0.3, 0.4) is 0 Å². The molecule has 0 saturated heterocycles. The van der Waals surface area contributed by atoms with E-state index in [1.807, 2.05) is 66.7 Å². The van der Waals surface area contributed by atoms with Crippen LogP contribution in [0.2, 0.25) is 0 Å².